The molecule has 2 unspecified atom stereocenters. The molecule has 1 aromatic heterocycles. The second-order valence-electron chi connectivity index (χ2n) is 10.2. The quantitative estimate of drug-likeness (QED) is 0.456. The summed E-state index contributed by atoms with van der Waals surface area (Å²) in [5, 5.41) is 5.40. The average molecular weight is 406 g/mol. The van der Waals surface area contributed by atoms with Gasteiger partial charge < -0.3 is 5.32 Å². The minimum atomic E-state index is 0.196. The van der Waals surface area contributed by atoms with Crippen LogP contribution in [0.5, 0.6) is 0 Å². The van der Waals surface area contributed by atoms with Gasteiger partial charge >= 0.3 is 0 Å². The number of nitrogens with one attached hydrogen (secondary N) is 1. The second-order valence-corrected chi connectivity index (χ2v) is 11.4. The Morgan fingerprint density at radius 3 is 2.38 bits per heavy atom. The zero-order valence-corrected chi connectivity index (χ0v) is 20.1. The topological polar surface area (TPSA) is 12.0 Å². The first-order valence-electron chi connectivity index (χ1n) is 11.0. The largest absolute Gasteiger partial charge is 0.382 e. The fraction of sp³-hybridized carbons (Fsp3) is 0.481. The van der Waals surface area contributed by atoms with Crippen molar-refractivity contribution in [2.45, 2.75) is 85.6 Å². The fourth-order valence-corrected chi connectivity index (χ4v) is 6.40. The van der Waals surface area contributed by atoms with Crippen LogP contribution in [0.3, 0.4) is 0 Å². The number of fused-ring (bicyclic) bond motifs is 2. The standard InChI is InChI=1S/C27H35NS/c1-15-11-21(27(6,7)8)9-10-23(15)28-22-12-16(2)25-18(4)26-17(3)19(5)29-24(26)14-20(25)13-22/h9-11,14,16,22,28H,12-13H2,1-8H3. The third-order valence-electron chi connectivity index (χ3n) is 6.89. The van der Waals surface area contributed by atoms with E-state index < -0.39 is 0 Å². The molecule has 154 valence electrons. The maximum absolute atomic E-state index is 3.89. The Kier molecular flexibility index (Phi) is 5.06. The SMILES string of the molecule is Cc1cc(C(C)(C)C)ccc1NC1Cc2cc3sc(C)c(C)c3c(C)c2C(C)C1. The number of hydrogen-bond acceptors (Lipinski definition) is 2. The highest BCUT2D eigenvalue weighted by Crippen LogP contribution is 2.42. The molecule has 0 spiro atoms. The Hall–Kier alpha value is -1.80. The number of thiophene rings is 1. The van der Waals surface area contributed by atoms with Gasteiger partial charge in [-0.2, -0.15) is 0 Å². The molecule has 0 radical (unpaired) electrons. The van der Waals surface area contributed by atoms with Crippen molar-refractivity contribution in [1.82, 2.24) is 0 Å². The molecule has 2 atom stereocenters. The summed E-state index contributed by atoms with van der Waals surface area (Å²) < 4.78 is 1.47. The number of aryl methyl sites for hydroxylation is 4. The highest BCUT2D eigenvalue weighted by molar-refractivity contribution is 7.19. The first-order chi connectivity index (χ1) is 13.6. The van der Waals surface area contributed by atoms with Crippen LogP contribution in [0.4, 0.5) is 5.69 Å². The van der Waals surface area contributed by atoms with Crippen LogP contribution in [-0.2, 0) is 11.8 Å². The lowest BCUT2D eigenvalue weighted by atomic mass is 9.77. The smallest absolute Gasteiger partial charge is 0.0372 e. The van der Waals surface area contributed by atoms with Gasteiger partial charge in [0.15, 0.2) is 0 Å². The van der Waals surface area contributed by atoms with Gasteiger partial charge in [-0.15, -0.1) is 11.3 Å². The van der Waals surface area contributed by atoms with Crippen molar-refractivity contribution in [3.8, 4) is 0 Å². The van der Waals surface area contributed by atoms with E-state index in [1.54, 1.807) is 11.1 Å². The van der Waals surface area contributed by atoms with E-state index in [1.807, 2.05) is 11.3 Å². The number of rotatable bonds is 2. The van der Waals surface area contributed by atoms with Gasteiger partial charge in [0.25, 0.3) is 0 Å². The Balaban J connectivity index is 1.65. The van der Waals surface area contributed by atoms with Crippen molar-refractivity contribution < 1.29 is 0 Å². The van der Waals surface area contributed by atoms with Crippen molar-refractivity contribution in [2.24, 2.45) is 0 Å². The summed E-state index contributed by atoms with van der Waals surface area (Å²) >= 11 is 1.96. The molecule has 2 aromatic carbocycles. The minimum Gasteiger partial charge on any atom is -0.382 e. The van der Waals surface area contributed by atoms with Crippen LogP contribution >= 0.6 is 11.3 Å². The maximum Gasteiger partial charge on any atom is 0.0372 e. The fourth-order valence-electron chi connectivity index (χ4n) is 5.20. The molecular weight excluding hydrogens is 370 g/mol. The molecule has 1 aliphatic rings. The molecule has 0 bridgehead atoms. The van der Waals surface area contributed by atoms with Crippen LogP contribution in [0.2, 0.25) is 0 Å². The van der Waals surface area contributed by atoms with Crippen LogP contribution in [0.1, 0.15) is 78.3 Å². The summed E-state index contributed by atoms with van der Waals surface area (Å²) in [5.74, 6) is 0.592. The zero-order valence-electron chi connectivity index (χ0n) is 19.3. The number of benzene rings is 2. The monoisotopic (exact) mass is 405 g/mol. The van der Waals surface area contributed by atoms with Crippen LogP contribution in [-0.4, -0.2) is 6.04 Å². The zero-order chi connectivity index (χ0) is 21.1. The summed E-state index contributed by atoms with van der Waals surface area (Å²) in [7, 11) is 0. The average Bonchev–Trinajstić information content (AvgIpc) is 2.89. The Morgan fingerprint density at radius 2 is 1.72 bits per heavy atom. The van der Waals surface area contributed by atoms with Gasteiger partial charge in [-0.3, -0.25) is 0 Å². The molecule has 0 saturated carbocycles. The maximum atomic E-state index is 3.89. The highest BCUT2D eigenvalue weighted by Gasteiger charge is 2.28. The summed E-state index contributed by atoms with van der Waals surface area (Å²) in [5.41, 5.74) is 10.4. The Labute approximate surface area is 180 Å². The predicted molar refractivity (Wildman–Crippen MR) is 130 cm³/mol. The summed E-state index contributed by atoms with van der Waals surface area (Å²) in [6, 6.07) is 9.92. The Morgan fingerprint density at radius 1 is 1.00 bits per heavy atom. The molecule has 0 aliphatic heterocycles. The molecule has 2 heteroatoms. The van der Waals surface area contributed by atoms with Crippen molar-refractivity contribution in [2.75, 3.05) is 5.32 Å². The van der Waals surface area contributed by atoms with Crippen molar-refractivity contribution in [3.05, 3.63) is 62.5 Å². The van der Waals surface area contributed by atoms with Crippen LogP contribution < -0.4 is 5.32 Å². The molecule has 4 rings (SSSR count). The van der Waals surface area contributed by atoms with E-state index in [1.165, 1.54) is 49.3 Å². The first kappa shape index (κ1) is 20.5. The van der Waals surface area contributed by atoms with Gasteiger partial charge in [0, 0.05) is 21.3 Å². The van der Waals surface area contributed by atoms with E-state index in [0.29, 0.717) is 12.0 Å². The van der Waals surface area contributed by atoms with Gasteiger partial charge in [0.1, 0.15) is 0 Å². The molecule has 3 aromatic rings. The third kappa shape index (κ3) is 3.61. The lowest BCUT2D eigenvalue weighted by Crippen LogP contribution is -2.30. The van der Waals surface area contributed by atoms with Gasteiger partial charge in [0.2, 0.25) is 0 Å². The molecule has 1 heterocycles. The summed E-state index contributed by atoms with van der Waals surface area (Å²) in [6.45, 7) is 18.4. The first-order valence-corrected chi connectivity index (χ1v) is 11.8. The molecular formula is C27H35NS. The second kappa shape index (κ2) is 7.16. The van der Waals surface area contributed by atoms with Gasteiger partial charge in [-0.1, -0.05) is 39.8 Å². The molecule has 0 saturated heterocycles. The van der Waals surface area contributed by atoms with E-state index in [4.69, 9.17) is 0 Å². The molecule has 1 nitrogen and oxygen atoms in total. The predicted octanol–water partition coefficient (Wildman–Crippen LogP) is 7.96. The normalized spacial score (nSPS) is 19.4. The number of hydrogen-bond donors (Lipinski definition) is 1. The van der Waals surface area contributed by atoms with E-state index in [0.717, 1.165) is 6.42 Å². The van der Waals surface area contributed by atoms with Gasteiger partial charge in [0.05, 0.1) is 0 Å². The van der Waals surface area contributed by atoms with Crippen LogP contribution in [0, 0.1) is 27.7 Å². The summed E-state index contributed by atoms with van der Waals surface area (Å²) in [4.78, 5) is 1.46. The van der Waals surface area contributed by atoms with Crippen molar-refractivity contribution >= 4 is 27.1 Å². The molecule has 29 heavy (non-hydrogen) atoms. The molecule has 1 N–H and O–H groups in total. The van der Waals surface area contributed by atoms with Crippen LogP contribution in [0.25, 0.3) is 10.1 Å². The van der Waals surface area contributed by atoms with E-state index in [9.17, 15) is 0 Å². The van der Waals surface area contributed by atoms with Gasteiger partial charge in [-0.05, 0) is 103 Å². The van der Waals surface area contributed by atoms with Gasteiger partial charge in [-0.25, -0.2) is 0 Å². The molecule has 1 aliphatic carbocycles. The van der Waals surface area contributed by atoms with Crippen molar-refractivity contribution in [1.29, 1.82) is 0 Å². The van der Waals surface area contributed by atoms with E-state index >= 15 is 0 Å². The van der Waals surface area contributed by atoms with Crippen LogP contribution in [0.15, 0.2) is 24.3 Å². The number of anilines is 1. The highest BCUT2D eigenvalue weighted by atomic mass is 32.1. The van der Waals surface area contributed by atoms with Crippen molar-refractivity contribution in [3.63, 3.8) is 0 Å². The molecule has 0 fully saturated rings. The summed E-state index contributed by atoms with van der Waals surface area (Å²) in [6.07, 6.45) is 2.31. The lowest BCUT2D eigenvalue weighted by Gasteiger charge is -2.33. The molecule has 0 amide bonds. The third-order valence-corrected chi connectivity index (χ3v) is 8.05. The lowest BCUT2D eigenvalue weighted by molar-refractivity contribution is 0.537. The Bertz CT molecular complexity index is 1080. The van der Waals surface area contributed by atoms with E-state index in [-0.39, 0.29) is 5.41 Å². The minimum absolute atomic E-state index is 0.196. The van der Waals surface area contributed by atoms with E-state index in [2.05, 4.69) is 85.0 Å².